The van der Waals surface area contributed by atoms with Gasteiger partial charge in [-0.25, -0.2) is 0 Å². The lowest BCUT2D eigenvalue weighted by molar-refractivity contribution is -0.157. The molecule has 172 valence electrons. The average Bonchev–Trinajstić information content (AvgIpc) is 3.06. The van der Waals surface area contributed by atoms with Crippen molar-refractivity contribution < 1.29 is 33.4 Å². The first-order chi connectivity index (χ1) is 15.4. The molecule has 2 unspecified atom stereocenters. The third-order valence-electron chi connectivity index (χ3n) is 6.65. The van der Waals surface area contributed by atoms with E-state index in [4.69, 9.17) is 14.2 Å². The number of carbonyl (C=O) groups is 4. The average molecular weight is 444 g/mol. The number of carbonyl (C=O) groups excluding carboxylic acids is 4. The van der Waals surface area contributed by atoms with Gasteiger partial charge in [0.1, 0.15) is 6.54 Å². The first-order valence-corrected chi connectivity index (χ1v) is 10.9. The van der Waals surface area contributed by atoms with Crippen LogP contribution in [0, 0.1) is 11.8 Å². The van der Waals surface area contributed by atoms with Crippen LogP contribution in [0.4, 0.5) is 0 Å². The summed E-state index contributed by atoms with van der Waals surface area (Å²) in [4.78, 5) is 52.5. The van der Waals surface area contributed by atoms with Crippen molar-refractivity contribution in [2.45, 2.75) is 38.6 Å². The molecule has 3 amide bonds. The molecule has 0 N–H and O–H groups in total. The second-order valence-electron chi connectivity index (χ2n) is 8.46. The molecule has 32 heavy (non-hydrogen) atoms. The van der Waals surface area contributed by atoms with E-state index < -0.39 is 19.1 Å². The van der Waals surface area contributed by atoms with Gasteiger partial charge < -0.3 is 19.1 Å². The van der Waals surface area contributed by atoms with Gasteiger partial charge in [-0.2, -0.15) is 0 Å². The van der Waals surface area contributed by atoms with Gasteiger partial charge in [0.2, 0.25) is 11.8 Å². The Morgan fingerprint density at radius 2 is 1.56 bits per heavy atom. The minimum atomic E-state index is -0.748. The van der Waals surface area contributed by atoms with E-state index in [1.807, 2.05) is 12.1 Å². The van der Waals surface area contributed by atoms with E-state index in [1.165, 1.54) is 0 Å². The first-order valence-electron chi connectivity index (χ1n) is 10.9. The van der Waals surface area contributed by atoms with Crippen LogP contribution in [-0.2, 0) is 36.9 Å². The highest BCUT2D eigenvalue weighted by molar-refractivity contribution is 6.07. The summed E-state index contributed by atoms with van der Waals surface area (Å²) in [5, 5.41) is 0. The van der Waals surface area contributed by atoms with Crippen LogP contribution in [0.15, 0.2) is 12.1 Å². The SMILES string of the molecule is COc1cc2c(cc1OC)CN(C(=O)COC(=O)CN1C(=O)C3CCCCC3C1=O)CC2. The van der Waals surface area contributed by atoms with E-state index in [1.54, 1.807) is 19.1 Å². The number of rotatable bonds is 6. The number of amides is 3. The molecule has 2 atom stereocenters. The Bertz CT molecular complexity index is 921. The third-order valence-corrected chi connectivity index (χ3v) is 6.65. The summed E-state index contributed by atoms with van der Waals surface area (Å²) in [5.74, 6) is -1.04. The summed E-state index contributed by atoms with van der Waals surface area (Å²) in [6.45, 7) is 0.00611. The quantitative estimate of drug-likeness (QED) is 0.481. The standard InChI is InChI=1S/C23H28N2O7/c1-30-18-9-14-7-8-24(11-15(14)10-19(18)31-2)20(26)13-32-21(27)12-25-22(28)16-5-3-4-6-17(16)23(25)29/h9-10,16-17H,3-8,11-13H2,1-2H3. The highest BCUT2D eigenvalue weighted by atomic mass is 16.5. The van der Waals surface area contributed by atoms with Gasteiger partial charge in [-0.3, -0.25) is 24.1 Å². The molecule has 9 heteroatoms. The van der Waals surface area contributed by atoms with Crippen LogP contribution in [0.3, 0.4) is 0 Å². The zero-order valence-corrected chi connectivity index (χ0v) is 18.4. The Morgan fingerprint density at radius 1 is 0.969 bits per heavy atom. The topological polar surface area (TPSA) is 102 Å². The number of ether oxygens (including phenoxy) is 3. The second-order valence-corrected chi connectivity index (χ2v) is 8.46. The molecule has 0 radical (unpaired) electrons. The second kappa shape index (κ2) is 9.18. The fourth-order valence-corrected chi connectivity index (χ4v) is 4.89. The van der Waals surface area contributed by atoms with Gasteiger partial charge in [0.05, 0.1) is 26.1 Å². The summed E-state index contributed by atoms with van der Waals surface area (Å²) in [6.07, 6.45) is 3.86. The molecule has 2 aliphatic heterocycles. The molecule has 0 spiro atoms. The summed E-state index contributed by atoms with van der Waals surface area (Å²) >= 11 is 0. The van der Waals surface area contributed by atoms with Gasteiger partial charge in [-0.05, 0) is 42.5 Å². The Hall–Kier alpha value is -3.10. The van der Waals surface area contributed by atoms with Crippen LogP contribution >= 0.6 is 0 Å². The summed E-state index contributed by atoms with van der Waals surface area (Å²) in [6, 6.07) is 3.77. The van der Waals surface area contributed by atoms with E-state index >= 15 is 0 Å². The van der Waals surface area contributed by atoms with Gasteiger partial charge in [0.25, 0.3) is 5.91 Å². The lowest BCUT2D eigenvalue weighted by Gasteiger charge is -2.29. The molecule has 0 aromatic heterocycles. The van der Waals surface area contributed by atoms with Gasteiger partial charge in [-0.15, -0.1) is 0 Å². The highest BCUT2D eigenvalue weighted by Crippen LogP contribution is 2.38. The molecule has 1 aromatic rings. The summed E-state index contributed by atoms with van der Waals surface area (Å²) < 4.78 is 15.8. The van der Waals surface area contributed by atoms with Crippen molar-refractivity contribution in [2.24, 2.45) is 11.8 Å². The van der Waals surface area contributed by atoms with Crippen molar-refractivity contribution in [2.75, 3.05) is 33.9 Å². The molecule has 2 fully saturated rings. The van der Waals surface area contributed by atoms with Crippen LogP contribution in [0.25, 0.3) is 0 Å². The van der Waals surface area contributed by atoms with E-state index in [-0.39, 0.29) is 29.6 Å². The number of likely N-dealkylation sites (tertiary alicyclic amines) is 1. The number of hydrogen-bond donors (Lipinski definition) is 0. The van der Waals surface area contributed by atoms with Gasteiger partial charge in [0, 0.05) is 13.1 Å². The van der Waals surface area contributed by atoms with E-state index in [2.05, 4.69) is 0 Å². The van der Waals surface area contributed by atoms with Crippen molar-refractivity contribution in [1.82, 2.24) is 9.80 Å². The molecular formula is C23H28N2O7. The van der Waals surface area contributed by atoms with Crippen molar-refractivity contribution in [1.29, 1.82) is 0 Å². The van der Waals surface area contributed by atoms with Gasteiger partial charge >= 0.3 is 5.97 Å². The molecule has 1 saturated carbocycles. The molecule has 2 heterocycles. The number of methoxy groups -OCH3 is 2. The fourth-order valence-electron chi connectivity index (χ4n) is 4.89. The number of fused-ring (bicyclic) bond motifs is 2. The maximum atomic E-state index is 12.6. The number of nitrogens with zero attached hydrogens (tertiary/aromatic N) is 2. The van der Waals surface area contributed by atoms with E-state index in [0.29, 0.717) is 43.9 Å². The predicted molar refractivity (Wildman–Crippen MR) is 112 cm³/mol. The molecule has 3 aliphatic rings. The van der Waals surface area contributed by atoms with Crippen LogP contribution in [0.2, 0.25) is 0 Å². The summed E-state index contributed by atoms with van der Waals surface area (Å²) in [7, 11) is 3.13. The largest absolute Gasteiger partial charge is 0.493 e. The van der Waals surface area contributed by atoms with Crippen LogP contribution in [0.5, 0.6) is 11.5 Å². The normalized spacial score (nSPS) is 22.3. The molecular weight excluding hydrogens is 416 g/mol. The Morgan fingerprint density at radius 3 is 2.16 bits per heavy atom. The third kappa shape index (κ3) is 4.16. The molecule has 1 aliphatic carbocycles. The maximum Gasteiger partial charge on any atom is 0.326 e. The molecule has 4 rings (SSSR count). The van der Waals surface area contributed by atoms with Crippen molar-refractivity contribution >= 4 is 23.7 Å². The minimum absolute atomic E-state index is 0.292. The van der Waals surface area contributed by atoms with E-state index in [0.717, 1.165) is 28.9 Å². The number of esters is 1. The zero-order valence-electron chi connectivity index (χ0n) is 18.4. The van der Waals surface area contributed by atoms with Gasteiger partial charge in [0.15, 0.2) is 18.1 Å². The molecule has 1 aromatic carbocycles. The van der Waals surface area contributed by atoms with E-state index in [9.17, 15) is 19.2 Å². The predicted octanol–water partition coefficient (Wildman–Crippen LogP) is 1.31. The smallest absolute Gasteiger partial charge is 0.326 e. The molecule has 1 saturated heterocycles. The van der Waals surface area contributed by atoms with Crippen molar-refractivity contribution in [3.8, 4) is 11.5 Å². The fraction of sp³-hybridized carbons (Fsp3) is 0.565. The Labute approximate surface area is 186 Å². The molecule has 9 nitrogen and oxygen atoms in total. The van der Waals surface area contributed by atoms with Crippen LogP contribution in [-0.4, -0.2) is 67.4 Å². The van der Waals surface area contributed by atoms with Crippen molar-refractivity contribution in [3.05, 3.63) is 23.3 Å². The Balaban J connectivity index is 1.31. The number of imide groups is 1. The summed E-state index contributed by atoms with van der Waals surface area (Å²) in [5.41, 5.74) is 2.03. The zero-order chi connectivity index (χ0) is 22.8. The van der Waals surface area contributed by atoms with Crippen LogP contribution < -0.4 is 9.47 Å². The maximum absolute atomic E-state index is 12.6. The number of hydrogen-bond acceptors (Lipinski definition) is 7. The lowest BCUT2D eigenvalue weighted by atomic mass is 9.81. The molecule has 0 bridgehead atoms. The van der Waals surface area contributed by atoms with Crippen molar-refractivity contribution in [3.63, 3.8) is 0 Å². The Kier molecular flexibility index (Phi) is 6.34. The van der Waals surface area contributed by atoms with Gasteiger partial charge in [-0.1, -0.05) is 12.8 Å². The first kappa shape index (κ1) is 22.1. The number of benzene rings is 1. The van der Waals surface area contributed by atoms with Crippen LogP contribution in [0.1, 0.15) is 36.8 Å². The lowest BCUT2D eigenvalue weighted by Crippen LogP contribution is -2.40. The minimum Gasteiger partial charge on any atom is -0.493 e. The monoisotopic (exact) mass is 444 g/mol. The highest BCUT2D eigenvalue weighted by Gasteiger charge is 2.48.